The Labute approximate surface area is 69.8 Å². The zero-order chi connectivity index (χ0) is 7.84. The average molecular weight is 168 g/mol. The van der Waals surface area contributed by atoms with Gasteiger partial charge in [-0.1, -0.05) is 6.92 Å². The molecule has 0 spiro atoms. The summed E-state index contributed by atoms with van der Waals surface area (Å²) in [5.74, 6) is 1.50. The maximum absolute atomic E-state index is 12.7. The van der Waals surface area contributed by atoms with Crippen molar-refractivity contribution in [2.75, 3.05) is 5.75 Å². The molecule has 0 radical (unpaired) electrons. The van der Waals surface area contributed by atoms with Crippen LogP contribution in [0.15, 0.2) is 23.1 Å². The van der Waals surface area contributed by atoms with E-state index >= 15 is 0 Å². The van der Waals surface area contributed by atoms with E-state index in [4.69, 9.17) is 0 Å². The molecule has 1 aliphatic rings. The highest BCUT2D eigenvalue weighted by molar-refractivity contribution is 7.99. The Kier molecular flexibility index (Phi) is 1.64. The summed E-state index contributed by atoms with van der Waals surface area (Å²) >= 11 is 1.82. The van der Waals surface area contributed by atoms with Crippen LogP contribution in [-0.2, 0) is 0 Å². The SMILES string of the molecule is CC1CSc2ccc(F)cc21. The van der Waals surface area contributed by atoms with Gasteiger partial charge in [0.05, 0.1) is 0 Å². The fraction of sp³-hybridized carbons (Fsp3) is 0.333. The van der Waals surface area contributed by atoms with E-state index in [1.54, 1.807) is 6.07 Å². The molecule has 1 unspecified atom stereocenters. The molecule has 0 amide bonds. The summed E-state index contributed by atoms with van der Waals surface area (Å²) in [6.45, 7) is 2.14. The lowest BCUT2D eigenvalue weighted by atomic mass is 10.0. The van der Waals surface area contributed by atoms with Crippen molar-refractivity contribution in [3.63, 3.8) is 0 Å². The molecular formula is C9H9FS. The fourth-order valence-electron chi connectivity index (χ4n) is 1.34. The lowest BCUT2D eigenvalue weighted by Crippen LogP contribution is -1.89. The lowest BCUT2D eigenvalue weighted by Gasteiger charge is -2.01. The monoisotopic (exact) mass is 168 g/mol. The minimum atomic E-state index is -0.113. The van der Waals surface area contributed by atoms with Crippen LogP contribution >= 0.6 is 11.8 Å². The van der Waals surface area contributed by atoms with Crippen molar-refractivity contribution in [2.45, 2.75) is 17.7 Å². The van der Waals surface area contributed by atoms with Gasteiger partial charge in [-0.25, -0.2) is 4.39 Å². The van der Waals surface area contributed by atoms with Gasteiger partial charge in [0.25, 0.3) is 0 Å². The third-order valence-corrected chi connectivity index (χ3v) is 3.34. The Morgan fingerprint density at radius 3 is 3.18 bits per heavy atom. The van der Waals surface area contributed by atoms with Crippen LogP contribution in [0.4, 0.5) is 4.39 Å². The maximum Gasteiger partial charge on any atom is 0.123 e. The van der Waals surface area contributed by atoms with Crippen LogP contribution in [-0.4, -0.2) is 5.75 Å². The van der Waals surface area contributed by atoms with Gasteiger partial charge >= 0.3 is 0 Å². The molecule has 2 rings (SSSR count). The first kappa shape index (κ1) is 7.17. The zero-order valence-electron chi connectivity index (χ0n) is 6.30. The van der Waals surface area contributed by atoms with E-state index in [-0.39, 0.29) is 5.82 Å². The van der Waals surface area contributed by atoms with Gasteiger partial charge in [0.2, 0.25) is 0 Å². The van der Waals surface area contributed by atoms with Crippen molar-refractivity contribution < 1.29 is 4.39 Å². The molecule has 11 heavy (non-hydrogen) atoms. The topological polar surface area (TPSA) is 0 Å². The number of rotatable bonds is 0. The summed E-state index contributed by atoms with van der Waals surface area (Å²) < 4.78 is 12.7. The predicted molar refractivity (Wildman–Crippen MR) is 45.5 cm³/mol. The number of hydrogen-bond acceptors (Lipinski definition) is 1. The molecule has 1 aromatic rings. The first-order chi connectivity index (χ1) is 5.27. The highest BCUT2D eigenvalue weighted by Crippen LogP contribution is 2.39. The summed E-state index contributed by atoms with van der Waals surface area (Å²) in [6.07, 6.45) is 0. The molecule has 1 heterocycles. The smallest absolute Gasteiger partial charge is 0.123 e. The van der Waals surface area contributed by atoms with Crippen LogP contribution in [0.2, 0.25) is 0 Å². The average Bonchev–Trinajstić information content (AvgIpc) is 2.33. The van der Waals surface area contributed by atoms with E-state index in [1.165, 1.54) is 16.5 Å². The van der Waals surface area contributed by atoms with E-state index in [0.717, 1.165) is 5.75 Å². The van der Waals surface area contributed by atoms with Gasteiger partial charge in [0, 0.05) is 10.6 Å². The Morgan fingerprint density at radius 2 is 2.36 bits per heavy atom. The zero-order valence-corrected chi connectivity index (χ0v) is 7.12. The molecule has 0 aliphatic carbocycles. The van der Waals surface area contributed by atoms with Crippen LogP contribution in [0, 0.1) is 5.82 Å². The molecule has 0 bridgehead atoms. The first-order valence-corrected chi connectivity index (χ1v) is 4.68. The number of benzene rings is 1. The maximum atomic E-state index is 12.7. The molecule has 1 aliphatic heterocycles. The van der Waals surface area contributed by atoms with Crippen molar-refractivity contribution in [2.24, 2.45) is 0 Å². The molecule has 0 saturated heterocycles. The molecule has 0 N–H and O–H groups in total. The van der Waals surface area contributed by atoms with Gasteiger partial charge in [0.1, 0.15) is 5.82 Å². The predicted octanol–water partition coefficient (Wildman–Crippen LogP) is 3.03. The van der Waals surface area contributed by atoms with E-state index < -0.39 is 0 Å². The second-order valence-corrected chi connectivity index (χ2v) is 3.96. The van der Waals surface area contributed by atoms with Crippen molar-refractivity contribution in [3.05, 3.63) is 29.6 Å². The number of hydrogen-bond donors (Lipinski definition) is 0. The molecule has 1 aromatic carbocycles. The second kappa shape index (κ2) is 2.52. The number of fused-ring (bicyclic) bond motifs is 1. The van der Waals surface area contributed by atoms with Gasteiger partial charge < -0.3 is 0 Å². The number of halogens is 1. The Morgan fingerprint density at radius 1 is 1.55 bits per heavy atom. The fourth-order valence-corrected chi connectivity index (χ4v) is 2.54. The first-order valence-electron chi connectivity index (χ1n) is 3.69. The molecule has 2 heteroatoms. The summed E-state index contributed by atoms with van der Waals surface area (Å²) in [5.41, 5.74) is 1.18. The lowest BCUT2D eigenvalue weighted by molar-refractivity contribution is 0.622. The van der Waals surface area contributed by atoms with Crippen molar-refractivity contribution >= 4 is 11.8 Å². The summed E-state index contributed by atoms with van der Waals surface area (Å²) in [5, 5.41) is 0. The molecule has 0 nitrogen and oxygen atoms in total. The molecule has 1 atom stereocenters. The van der Waals surface area contributed by atoms with E-state index in [1.807, 2.05) is 17.8 Å². The minimum Gasteiger partial charge on any atom is -0.207 e. The van der Waals surface area contributed by atoms with Gasteiger partial charge in [-0.2, -0.15) is 0 Å². The Balaban J connectivity index is 2.52. The molecule has 0 saturated carbocycles. The van der Waals surface area contributed by atoms with Crippen molar-refractivity contribution in [3.8, 4) is 0 Å². The van der Waals surface area contributed by atoms with Gasteiger partial charge in [-0.15, -0.1) is 11.8 Å². The van der Waals surface area contributed by atoms with E-state index in [2.05, 4.69) is 6.92 Å². The van der Waals surface area contributed by atoms with Gasteiger partial charge in [-0.05, 0) is 29.7 Å². The molecule has 58 valence electrons. The summed E-state index contributed by atoms with van der Waals surface area (Å²) in [7, 11) is 0. The largest absolute Gasteiger partial charge is 0.207 e. The molecular weight excluding hydrogens is 159 g/mol. The minimum absolute atomic E-state index is 0.113. The van der Waals surface area contributed by atoms with Crippen molar-refractivity contribution in [1.29, 1.82) is 0 Å². The van der Waals surface area contributed by atoms with Crippen molar-refractivity contribution in [1.82, 2.24) is 0 Å². The summed E-state index contributed by atoms with van der Waals surface area (Å²) in [4.78, 5) is 1.25. The normalized spacial score (nSPS) is 21.8. The third-order valence-electron chi connectivity index (χ3n) is 1.99. The molecule has 0 aromatic heterocycles. The van der Waals surface area contributed by atoms with Crippen LogP contribution in [0.25, 0.3) is 0 Å². The highest BCUT2D eigenvalue weighted by Gasteiger charge is 2.18. The van der Waals surface area contributed by atoms with E-state index in [9.17, 15) is 4.39 Å². The molecule has 0 fully saturated rings. The van der Waals surface area contributed by atoms with Crippen LogP contribution in [0.1, 0.15) is 18.4 Å². The highest BCUT2D eigenvalue weighted by atomic mass is 32.2. The number of thioether (sulfide) groups is 1. The summed E-state index contributed by atoms with van der Waals surface area (Å²) in [6, 6.07) is 5.06. The Bertz CT molecular complexity index is 283. The van der Waals surface area contributed by atoms with Crippen LogP contribution < -0.4 is 0 Å². The third kappa shape index (κ3) is 1.16. The Hall–Kier alpha value is -0.500. The van der Waals surface area contributed by atoms with Gasteiger partial charge in [0.15, 0.2) is 0 Å². The van der Waals surface area contributed by atoms with Crippen LogP contribution in [0.3, 0.4) is 0 Å². The second-order valence-electron chi connectivity index (χ2n) is 2.89. The van der Waals surface area contributed by atoms with E-state index in [0.29, 0.717) is 5.92 Å². The van der Waals surface area contributed by atoms with Gasteiger partial charge in [-0.3, -0.25) is 0 Å². The quantitative estimate of drug-likeness (QED) is 0.573. The standard InChI is InChI=1S/C9H9FS/c1-6-5-11-9-3-2-7(10)4-8(6)9/h2-4,6H,5H2,1H3. The van der Waals surface area contributed by atoms with Crippen LogP contribution in [0.5, 0.6) is 0 Å².